The molecule has 1 N–H and O–H groups in total. The van der Waals surface area contributed by atoms with Crippen molar-refractivity contribution in [2.24, 2.45) is 0 Å². The number of rotatable bonds is 4. The van der Waals surface area contributed by atoms with Crippen molar-refractivity contribution < 1.29 is 4.79 Å². The standard InChI is InChI=1S/C17H26N2O/c1-14(2)19-11-9-17(3,10-12-19)18-16(20)13-15-7-5-4-6-8-15/h4-8,14H,9-13H2,1-3H3,(H,18,20). The van der Waals surface area contributed by atoms with E-state index in [1.807, 2.05) is 30.3 Å². The molecule has 0 atom stereocenters. The van der Waals surface area contributed by atoms with Crippen molar-refractivity contribution in [2.45, 2.75) is 51.6 Å². The van der Waals surface area contributed by atoms with Gasteiger partial charge in [0.2, 0.25) is 5.91 Å². The van der Waals surface area contributed by atoms with E-state index in [0.29, 0.717) is 12.5 Å². The molecule has 110 valence electrons. The van der Waals surface area contributed by atoms with Gasteiger partial charge in [0.05, 0.1) is 6.42 Å². The Morgan fingerprint density at radius 2 is 1.85 bits per heavy atom. The second-order valence-corrected chi connectivity index (χ2v) is 6.40. The molecule has 1 saturated heterocycles. The lowest BCUT2D eigenvalue weighted by atomic mass is 9.88. The first-order valence-electron chi connectivity index (χ1n) is 7.57. The van der Waals surface area contributed by atoms with Crippen LogP contribution in [0.1, 0.15) is 39.2 Å². The largest absolute Gasteiger partial charge is 0.351 e. The molecule has 3 heteroatoms. The maximum atomic E-state index is 12.2. The van der Waals surface area contributed by atoms with E-state index in [1.54, 1.807) is 0 Å². The van der Waals surface area contributed by atoms with Crippen molar-refractivity contribution >= 4 is 5.91 Å². The van der Waals surface area contributed by atoms with Crippen LogP contribution in [0.5, 0.6) is 0 Å². The zero-order valence-electron chi connectivity index (χ0n) is 12.9. The highest BCUT2D eigenvalue weighted by Gasteiger charge is 2.31. The monoisotopic (exact) mass is 274 g/mol. The Kier molecular flexibility index (Phi) is 4.81. The molecule has 0 aliphatic carbocycles. The molecule has 1 fully saturated rings. The summed E-state index contributed by atoms with van der Waals surface area (Å²) in [6.45, 7) is 8.78. The summed E-state index contributed by atoms with van der Waals surface area (Å²) in [6, 6.07) is 10.5. The lowest BCUT2D eigenvalue weighted by molar-refractivity contribution is -0.122. The van der Waals surface area contributed by atoms with Crippen molar-refractivity contribution in [3.05, 3.63) is 35.9 Å². The lowest BCUT2D eigenvalue weighted by Gasteiger charge is -2.41. The Hall–Kier alpha value is -1.35. The summed E-state index contributed by atoms with van der Waals surface area (Å²) in [7, 11) is 0. The average Bonchev–Trinajstić information content (AvgIpc) is 2.39. The maximum Gasteiger partial charge on any atom is 0.224 e. The first-order valence-corrected chi connectivity index (χ1v) is 7.57. The Labute approximate surface area is 122 Å². The highest BCUT2D eigenvalue weighted by atomic mass is 16.1. The van der Waals surface area contributed by atoms with Crippen molar-refractivity contribution in [3.63, 3.8) is 0 Å². The number of nitrogens with one attached hydrogen (secondary N) is 1. The van der Waals surface area contributed by atoms with Crippen molar-refractivity contribution in [1.82, 2.24) is 10.2 Å². The highest BCUT2D eigenvalue weighted by molar-refractivity contribution is 5.79. The van der Waals surface area contributed by atoms with Gasteiger partial charge in [-0.2, -0.15) is 0 Å². The van der Waals surface area contributed by atoms with Gasteiger partial charge in [-0.15, -0.1) is 0 Å². The summed E-state index contributed by atoms with van der Waals surface area (Å²) in [6.07, 6.45) is 2.54. The Morgan fingerprint density at radius 1 is 1.25 bits per heavy atom. The molecule has 1 aromatic rings. The predicted octanol–water partition coefficient (Wildman–Crippen LogP) is 2.61. The molecule has 3 nitrogen and oxygen atoms in total. The fraction of sp³-hybridized carbons (Fsp3) is 0.588. The van der Waals surface area contributed by atoms with E-state index in [1.165, 1.54) is 0 Å². The zero-order chi connectivity index (χ0) is 14.6. The number of hydrogen-bond donors (Lipinski definition) is 1. The van der Waals surface area contributed by atoms with Gasteiger partial charge in [-0.25, -0.2) is 0 Å². The summed E-state index contributed by atoms with van der Waals surface area (Å²) in [4.78, 5) is 14.7. The van der Waals surface area contributed by atoms with Crippen LogP contribution >= 0.6 is 0 Å². The van der Waals surface area contributed by atoms with E-state index in [9.17, 15) is 4.79 Å². The number of hydrogen-bond acceptors (Lipinski definition) is 2. The number of amides is 1. The van der Waals surface area contributed by atoms with Crippen LogP contribution in [-0.4, -0.2) is 35.5 Å². The van der Waals surface area contributed by atoms with Gasteiger partial charge in [0.1, 0.15) is 0 Å². The fourth-order valence-corrected chi connectivity index (χ4v) is 2.82. The Morgan fingerprint density at radius 3 is 2.40 bits per heavy atom. The first-order chi connectivity index (χ1) is 9.48. The smallest absolute Gasteiger partial charge is 0.224 e. The first kappa shape index (κ1) is 15.0. The van der Waals surface area contributed by atoms with Crippen LogP contribution in [0.2, 0.25) is 0 Å². The molecule has 0 aromatic heterocycles. The minimum absolute atomic E-state index is 0.0444. The number of carbonyl (C=O) groups excluding carboxylic acids is 1. The molecule has 0 saturated carbocycles. The molecule has 1 aliphatic rings. The summed E-state index contributed by atoms with van der Waals surface area (Å²) in [5.41, 5.74) is 1.03. The van der Waals surface area contributed by atoms with E-state index in [2.05, 4.69) is 31.0 Å². The van der Waals surface area contributed by atoms with Gasteiger partial charge >= 0.3 is 0 Å². The SMILES string of the molecule is CC(C)N1CCC(C)(NC(=O)Cc2ccccc2)CC1. The van der Waals surface area contributed by atoms with E-state index in [0.717, 1.165) is 31.5 Å². The average molecular weight is 274 g/mol. The molecule has 1 heterocycles. The van der Waals surface area contributed by atoms with Crippen LogP contribution in [0.15, 0.2) is 30.3 Å². The van der Waals surface area contributed by atoms with E-state index >= 15 is 0 Å². The third-order valence-corrected chi connectivity index (χ3v) is 4.28. The Balaban J connectivity index is 1.85. The third-order valence-electron chi connectivity index (χ3n) is 4.28. The molecule has 0 radical (unpaired) electrons. The van der Waals surface area contributed by atoms with Crippen LogP contribution in [0.4, 0.5) is 0 Å². The molecular formula is C17H26N2O. The molecule has 0 spiro atoms. The van der Waals surface area contributed by atoms with E-state index in [4.69, 9.17) is 0 Å². The minimum Gasteiger partial charge on any atom is -0.351 e. The van der Waals surface area contributed by atoms with Gasteiger partial charge in [-0.3, -0.25) is 4.79 Å². The number of benzene rings is 1. The molecule has 1 aromatic carbocycles. The van der Waals surface area contributed by atoms with E-state index in [-0.39, 0.29) is 11.4 Å². The number of carbonyl (C=O) groups is 1. The van der Waals surface area contributed by atoms with Gasteiger partial charge in [0.25, 0.3) is 0 Å². The van der Waals surface area contributed by atoms with Crippen LogP contribution in [0.3, 0.4) is 0 Å². The predicted molar refractivity (Wildman–Crippen MR) is 82.6 cm³/mol. The number of piperidine rings is 1. The van der Waals surface area contributed by atoms with Gasteiger partial charge in [0, 0.05) is 24.7 Å². The fourth-order valence-electron chi connectivity index (χ4n) is 2.82. The maximum absolute atomic E-state index is 12.2. The summed E-state index contributed by atoms with van der Waals surface area (Å²) < 4.78 is 0. The van der Waals surface area contributed by atoms with Crippen molar-refractivity contribution in [2.75, 3.05) is 13.1 Å². The second-order valence-electron chi connectivity index (χ2n) is 6.40. The molecule has 0 unspecified atom stereocenters. The van der Waals surface area contributed by atoms with E-state index < -0.39 is 0 Å². The Bertz CT molecular complexity index is 434. The summed E-state index contributed by atoms with van der Waals surface area (Å²) in [5, 5.41) is 3.24. The highest BCUT2D eigenvalue weighted by Crippen LogP contribution is 2.23. The van der Waals surface area contributed by atoms with Gasteiger partial charge < -0.3 is 10.2 Å². The van der Waals surface area contributed by atoms with Crippen LogP contribution in [0, 0.1) is 0 Å². The zero-order valence-corrected chi connectivity index (χ0v) is 12.9. The van der Waals surface area contributed by atoms with Crippen LogP contribution in [-0.2, 0) is 11.2 Å². The lowest BCUT2D eigenvalue weighted by Crippen LogP contribution is -2.54. The van der Waals surface area contributed by atoms with Crippen molar-refractivity contribution in [1.29, 1.82) is 0 Å². The topological polar surface area (TPSA) is 32.3 Å². The van der Waals surface area contributed by atoms with Gasteiger partial charge in [-0.05, 0) is 39.2 Å². The summed E-state index contributed by atoms with van der Waals surface area (Å²) >= 11 is 0. The number of likely N-dealkylation sites (tertiary alicyclic amines) is 1. The molecule has 0 bridgehead atoms. The summed E-state index contributed by atoms with van der Waals surface area (Å²) in [5.74, 6) is 0.136. The minimum atomic E-state index is -0.0444. The van der Waals surface area contributed by atoms with Crippen LogP contribution in [0.25, 0.3) is 0 Å². The number of nitrogens with zero attached hydrogens (tertiary/aromatic N) is 1. The van der Waals surface area contributed by atoms with Gasteiger partial charge in [0.15, 0.2) is 0 Å². The second kappa shape index (κ2) is 6.40. The molecular weight excluding hydrogens is 248 g/mol. The quantitative estimate of drug-likeness (QED) is 0.915. The molecule has 1 amide bonds. The van der Waals surface area contributed by atoms with Crippen molar-refractivity contribution in [3.8, 4) is 0 Å². The van der Waals surface area contributed by atoms with Gasteiger partial charge in [-0.1, -0.05) is 30.3 Å². The molecule has 1 aliphatic heterocycles. The normalized spacial score (nSPS) is 19.0. The molecule has 20 heavy (non-hydrogen) atoms. The molecule has 2 rings (SSSR count). The van der Waals surface area contributed by atoms with Crippen LogP contribution < -0.4 is 5.32 Å². The third kappa shape index (κ3) is 4.07.